The van der Waals surface area contributed by atoms with E-state index in [1.54, 1.807) is 41.2 Å². The number of rotatable bonds is 9. The van der Waals surface area contributed by atoms with Gasteiger partial charge in [-0.15, -0.1) is 9.90 Å². The summed E-state index contributed by atoms with van der Waals surface area (Å²) in [6, 6.07) is 12.3. The van der Waals surface area contributed by atoms with Crippen LogP contribution in [0.3, 0.4) is 0 Å². The molecule has 0 spiro atoms. The molecule has 2 bridgehead atoms. The van der Waals surface area contributed by atoms with Crippen LogP contribution in [0.25, 0.3) is 28.0 Å². The first-order chi connectivity index (χ1) is 23.8. The quantitative estimate of drug-likeness (QED) is 0.135. The van der Waals surface area contributed by atoms with Crippen molar-refractivity contribution in [2.24, 2.45) is 4.99 Å². The van der Waals surface area contributed by atoms with Crippen molar-refractivity contribution in [3.05, 3.63) is 78.3 Å². The average molecular weight is 665 g/mol. The first-order valence-electron chi connectivity index (χ1n) is 16.8. The first-order valence-corrected chi connectivity index (χ1v) is 16.8. The van der Waals surface area contributed by atoms with Crippen LogP contribution in [-0.2, 0) is 0 Å². The highest BCUT2D eigenvalue weighted by atomic mass is 19.1. The summed E-state index contributed by atoms with van der Waals surface area (Å²) in [6.45, 7) is 4.22. The zero-order valence-corrected chi connectivity index (χ0v) is 28.0. The monoisotopic (exact) mass is 664 g/mol. The van der Waals surface area contributed by atoms with E-state index in [-0.39, 0.29) is 29.7 Å². The zero-order valence-electron chi connectivity index (χ0n) is 28.0. The van der Waals surface area contributed by atoms with E-state index >= 15 is 0 Å². The van der Waals surface area contributed by atoms with Gasteiger partial charge in [0.2, 0.25) is 5.96 Å². The number of hydrogen-bond acceptors (Lipinski definition) is 9. The molecule has 4 aromatic heterocycles. The summed E-state index contributed by atoms with van der Waals surface area (Å²) in [7, 11) is 4.07. The molecule has 13 nitrogen and oxygen atoms in total. The van der Waals surface area contributed by atoms with Gasteiger partial charge in [-0.05, 0) is 77.9 Å². The number of amides is 1. The molecule has 2 saturated heterocycles. The lowest BCUT2D eigenvalue weighted by molar-refractivity contribution is 0.0563. The minimum Gasteiger partial charge on any atom is -0.384 e. The number of benzene rings is 1. The minimum atomic E-state index is -0.319. The summed E-state index contributed by atoms with van der Waals surface area (Å²) in [5.41, 5.74) is 10.9. The Hall–Kier alpha value is -5.24. The van der Waals surface area contributed by atoms with Crippen molar-refractivity contribution in [2.45, 2.75) is 57.0 Å². The van der Waals surface area contributed by atoms with E-state index in [4.69, 9.17) is 10.7 Å². The summed E-state index contributed by atoms with van der Waals surface area (Å²) >= 11 is 0. The molecule has 7 rings (SSSR count). The molecule has 1 amide bonds. The lowest BCUT2D eigenvalue weighted by Gasteiger charge is -2.38. The van der Waals surface area contributed by atoms with Crippen molar-refractivity contribution in [2.75, 3.05) is 39.5 Å². The SMILES string of the molecule is CCN/C(=N\CCCN(C)C)n1ncc(C(=O)N2[C@@H]3CC[C@H]2C[C@H](c2cc(N)n4ncc(-c5ccc(-c6ccccc6F)nc5)c4n2)C3)n1. The van der Waals surface area contributed by atoms with E-state index in [1.165, 1.54) is 17.1 Å². The van der Waals surface area contributed by atoms with Crippen LogP contribution >= 0.6 is 0 Å². The van der Waals surface area contributed by atoms with E-state index in [0.717, 1.165) is 55.5 Å². The maximum Gasteiger partial charge on any atom is 0.276 e. The molecule has 2 fully saturated rings. The third kappa shape index (κ3) is 6.47. The van der Waals surface area contributed by atoms with E-state index < -0.39 is 0 Å². The molecular weight excluding hydrogens is 623 g/mol. The highest BCUT2D eigenvalue weighted by Crippen LogP contribution is 2.44. The van der Waals surface area contributed by atoms with Crippen molar-refractivity contribution in [3.8, 4) is 22.4 Å². The van der Waals surface area contributed by atoms with E-state index in [0.29, 0.717) is 47.5 Å². The maximum absolute atomic E-state index is 14.3. The second-order valence-corrected chi connectivity index (χ2v) is 13.0. The first kappa shape index (κ1) is 32.3. The molecule has 6 heterocycles. The normalized spacial score (nSPS) is 19.2. The van der Waals surface area contributed by atoms with Crippen LogP contribution in [0.2, 0.25) is 0 Å². The van der Waals surface area contributed by atoms with Gasteiger partial charge in [0.25, 0.3) is 5.91 Å². The topological polar surface area (TPSA) is 148 Å². The Morgan fingerprint density at radius 3 is 2.57 bits per heavy atom. The number of piperidine rings is 1. The van der Waals surface area contributed by atoms with Gasteiger partial charge in [-0.3, -0.25) is 9.78 Å². The molecule has 0 unspecified atom stereocenters. The van der Waals surface area contributed by atoms with Gasteiger partial charge >= 0.3 is 0 Å². The van der Waals surface area contributed by atoms with Gasteiger partial charge in [0.1, 0.15) is 11.6 Å². The number of aromatic nitrogens is 7. The highest BCUT2D eigenvalue weighted by Gasteiger charge is 2.45. The van der Waals surface area contributed by atoms with Gasteiger partial charge < -0.3 is 20.9 Å². The number of fused-ring (bicyclic) bond motifs is 3. The minimum absolute atomic E-state index is 0.0631. The number of halogens is 1. The van der Waals surface area contributed by atoms with Crippen molar-refractivity contribution < 1.29 is 9.18 Å². The number of carbonyl (C=O) groups is 1. The standard InChI is InChI=1S/C35H41FN12O/c1-4-38-35(39-14-7-15-45(2)3)48-42-21-31(44-48)34(49)46-24-11-12-25(46)17-23(16-24)30-18-32(37)47-33(43-30)27(20-41-47)22-10-13-29(40-19-22)26-8-5-6-9-28(26)36/h5-6,8-10,13,18-21,23-25H,4,7,11-12,14-17,37H2,1-3H3,(H,38,39)/t23-,24-,25+. The number of anilines is 1. The van der Waals surface area contributed by atoms with Crippen LogP contribution in [-0.4, -0.2) is 102 Å². The Bertz CT molecular complexity index is 1970. The number of carbonyl (C=O) groups excluding carboxylic acids is 1. The second kappa shape index (κ2) is 13.7. The number of aliphatic imine (C=N–C) groups is 1. The van der Waals surface area contributed by atoms with Crippen molar-refractivity contribution >= 4 is 23.3 Å². The largest absolute Gasteiger partial charge is 0.384 e. The lowest BCUT2D eigenvalue weighted by Crippen LogP contribution is -2.46. The molecule has 49 heavy (non-hydrogen) atoms. The highest BCUT2D eigenvalue weighted by molar-refractivity contribution is 5.93. The summed E-state index contributed by atoms with van der Waals surface area (Å²) < 4.78 is 16.0. The maximum atomic E-state index is 14.3. The number of nitrogens with one attached hydrogen (secondary N) is 1. The van der Waals surface area contributed by atoms with Crippen LogP contribution in [0.4, 0.5) is 10.2 Å². The molecule has 1 aromatic carbocycles. The van der Waals surface area contributed by atoms with E-state index in [2.05, 4.69) is 35.5 Å². The third-order valence-corrected chi connectivity index (χ3v) is 9.39. The van der Waals surface area contributed by atoms with E-state index in [9.17, 15) is 9.18 Å². The second-order valence-electron chi connectivity index (χ2n) is 13.0. The molecule has 5 aromatic rings. The van der Waals surface area contributed by atoms with E-state index in [1.807, 2.05) is 38.1 Å². The Morgan fingerprint density at radius 1 is 1.06 bits per heavy atom. The number of pyridine rings is 1. The Kier molecular flexibility index (Phi) is 9.04. The fraction of sp³-hybridized carbons (Fsp3) is 0.400. The number of hydrogen-bond donors (Lipinski definition) is 2. The van der Waals surface area contributed by atoms with Crippen LogP contribution < -0.4 is 11.1 Å². The van der Waals surface area contributed by atoms with Gasteiger partial charge in [-0.25, -0.2) is 14.4 Å². The van der Waals surface area contributed by atoms with Crippen molar-refractivity contribution in [3.63, 3.8) is 0 Å². The van der Waals surface area contributed by atoms with Crippen molar-refractivity contribution in [1.82, 2.24) is 49.7 Å². The fourth-order valence-electron chi connectivity index (χ4n) is 7.07. The molecule has 3 N–H and O–H groups in total. The Labute approximate surface area is 284 Å². The Balaban J connectivity index is 1.08. The summed E-state index contributed by atoms with van der Waals surface area (Å²) in [5, 5.41) is 16.7. The van der Waals surface area contributed by atoms with Gasteiger partial charge in [0.15, 0.2) is 11.3 Å². The van der Waals surface area contributed by atoms with Gasteiger partial charge in [-0.1, -0.05) is 18.2 Å². The average Bonchev–Trinajstić information content (AvgIpc) is 3.83. The predicted molar refractivity (Wildman–Crippen MR) is 186 cm³/mol. The van der Waals surface area contributed by atoms with Crippen LogP contribution in [0, 0.1) is 5.82 Å². The molecule has 0 radical (unpaired) electrons. The zero-order chi connectivity index (χ0) is 34.1. The molecule has 14 heteroatoms. The lowest BCUT2D eigenvalue weighted by atomic mass is 9.87. The van der Waals surface area contributed by atoms with Gasteiger partial charge in [-0.2, -0.15) is 14.7 Å². The van der Waals surface area contributed by atoms with Crippen molar-refractivity contribution in [1.29, 1.82) is 0 Å². The van der Waals surface area contributed by atoms with Crippen LogP contribution in [0.15, 0.2) is 66.0 Å². The molecule has 0 saturated carbocycles. The number of nitrogens with zero attached hydrogens (tertiary/aromatic N) is 10. The molecular formula is C35H41FN12O. The summed E-state index contributed by atoms with van der Waals surface area (Å²) in [4.78, 5) is 33.6. The predicted octanol–water partition coefficient (Wildman–Crippen LogP) is 4.09. The number of nitrogens with two attached hydrogens (primary N) is 1. The molecule has 2 aliphatic rings. The fourth-order valence-corrected chi connectivity index (χ4v) is 7.07. The molecule has 2 aliphatic heterocycles. The number of nitrogen functional groups attached to an aromatic ring is 1. The van der Waals surface area contributed by atoms with Gasteiger partial charge in [0.05, 0.1) is 18.1 Å². The third-order valence-electron chi connectivity index (χ3n) is 9.39. The Morgan fingerprint density at radius 2 is 1.86 bits per heavy atom. The van der Waals surface area contributed by atoms with Crippen LogP contribution in [0.1, 0.15) is 61.1 Å². The molecule has 0 aliphatic carbocycles. The summed E-state index contributed by atoms with van der Waals surface area (Å²) in [5.74, 6) is 0.735. The van der Waals surface area contributed by atoms with Crippen LogP contribution in [0.5, 0.6) is 0 Å². The summed E-state index contributed by atoms with van der Waals surface area (Å²) in [6.07, 6.45) is 9.28. The smallest absolute Gasteiger partial charge is 0.276 e. The molecule has 3 atom stereocenters. The van der Waals surface area contributed by atoms with Gasteiger partial charge in [0, 0.05) is 65.7 Å². The molecule has 254 valence electrons.